The van der Waals surface area contributed by atoms with Crippen molar-refractivity contribution in [2.75, 3.05) is 111 Å². The first kappa shape index (κ1) is 38.7. The molecule has 0 saturated carbocycles. The molecule has 12 heteroatoms. The lowest BCUT2D eigenvalue weighted by Crippen LogP contribution is -2.15. The Morgan fingerprint density at radius 3 is 1.40 bits per heavy atom. The predicted molar refractivity (Wildman–Crippen MR) is 162 cm³/mol. The van der Waals surface area contributed by atoms with E-state index >= 15 is 0 Å². The van der Waals surface area contributed by atoms with Gasteiger partial charge in [0.15, 0.2) is 0 Å². The van der Waals surface area contributed by atoms with E-state index in [0.29, 0.717) is 111 Å². The van der Waals surface area contributed by atoms with Crippen molar-refractivity contribution in [1.82, 2.24) is 0 Å². The van der Waals surface area contributed by atoms with Crippen LogP contribution in [-0.2, 0) is 47.5 Å². The molecule has 0 spiro atoms. The second kappa shape index (κ2) is 29.7. The highest BCUT2D eigenvalue weighted by Gasteiger charge is 2.02. The van der Waals surface area contributed by atoms with Crippen LogP contribution in [0.3, 0.4) is 0 Å². The average Bonchev–Trinajstić information content (AvgIpc) is 3.00. The zero-order chi connectivity index (χ0) is 31.1. The fourth-order valence-electron chi connectivity index (χ4n) is 3.46. The van der Waals surface area contributed by atoms with E-state index in [1.165, 1.54) is 6.92 Å². The molecule has 0 radical (unpaired) electrons. The summed E-state index contributed by atoms with van der Waals surface area (Å²) in [7, 11) is 0. The lowest BCUT2D eigenvalue weighted by atomic mass is 10.2. The number of carbonyl (C=O) groups excluding carboxylic acids is 2. The molecule has 0 aliphatic heterocycles. The summed E-state index contributed by atoms with van der Waals surface area (Å²) in [5.74, 6) is 0.452. The van der Waals surface area contributed by atoms with Crippen LogP contribution in [0, 0.1) is 0 Å². The number of hydrogen-bond acceptors (Lipinski definition) is 11. The second-order valence-corrected chi connectivity index (χ2v) is 9.37. The second-order valence-electron chi connectivity index (χ2n) is 9.37. The zero-order valence-electron chi connectivity index (χ0n) is 26.1. The van der Waals surface area contributed by atoms with Crippen LogP contribution in [-0.4, -0.2) is 118 Å². The SMILES string of the molecule is CCCCCCC(=O)OCCOCCOCCOCCOCCOCCOCCOCCOc1ccc(NC(C)=O)cc1. The predicted octanol–water partition coefficient (Wildman–Crippen LogP) is 3.65. The number of unbranched alkanes of at least 4 members (excludes halogenated alkanes) is 3. The molecule has 0 unspecified atom stereocenters. The summed E-state index contributed by atoms with van der Waals surface area (Å²) >= 11 is 0. The summed E-state index contributed by atoms with van der Waals surface area (Å²) in [4.78, 5) is 22.6. The van der Waals surface area contributed by atoms with Gasteiger partial charge in [-0.1, -0.05) is 26.2 Å². The summed E-state index contributed by atoms with van der Waals surface area (Å²) in [6, 6.07) is 7.17. The molecular formula is C31H53NO11. The molecule has 0 aliphatic rings. The van der Waals surface area contributed by atoms with Crippen molar-refractivity contribution in [3.05, 3.63) is 24.3 Å². The van der Waals surface area contributed by atoms with Gasteiger partial charge >= 0.3 is 5.97 Å². The Balaban J connectivity index is 1.70. The number of rotatable bonds is 31. The Labute approximate surface area is 256 Å². The van der Waals surface area contributed by atoms with Crippen LogP contribution in [0.1, 0.15) is 46.0 Å². The van der Waals surface area contributed by atoms with E-state index in [1.54, 1.807) is 24.3 Å². The monoisotopic (exact) mass is 615 g/mol. The molecule has 1 aromatic rings. The molecule has 0 aliphatic carbocycles. The van der Waals surface area contributed by atoms with Crippen molar-refractivity contribution in [2.24, 2.45) is 0 Å². The zero-order valence-corrected chi connectivity index (χ0v) is 26.1. The summed E-state index contributed by atoms with van der Waals surface area (Å²) in [5.41, 5.74) is 0.731. The van der Waals surface area contributed by atoms with Gasteiger partial charge in [0.2, 0.25) is 5.91 Å². The van der Waals surface area contributed by atoms with E-state index in [9.17, 15) is 9.59 Å². The van der Waals surface area contributed by atoms with Crippen LogP contribution >= 0.6 is 0 Å². The number of carbonyl (C=O) groups is 2. The number of nitrogens with one attached hydrogen (secondary N) is 1. The van der Waals surface area contributed by atoms with Crippen molar-refractivity contribution >= 4 is 17.6 Å². The molecule has 248 valence electrons. The molecule has 1 N–H and O–H groups in total. The van der Waals surface area contributed by atoms with Crippen LogP contribution in [0.4, 0.5) is 5.69 Å². The van der Waals surface area contributed by atoms with E-state index in [4.69, 9.17) is 42.6 Å². The number of benzene rings is 1. The first-order valence-electron chi connectivity index (χ1n) is 15.3. The molecular weight excluding hydrogens is 562 g/mol. The van der Waals surface area contributed by atoms with E-state index < -0.39 is 0 Å². The van der Waals surface area contributed by atoms with Gasteiger partial charge in [-0.3, -0.25) is 9.59 Å². The third-order valence-electron chi connectivity index (χ3n) is 5.63. The molecule has 0 atom stereocenters. The van der Waals surface area contributed by atoms with Gasteiger partial charge < -0.3 is 47.9 Å². The summed E-state index contributed by atoms with van der Waals surface area (Å²) in [6.07, 6.45) is 4.75. The molecule has 0 fully saturated rings. The summed E-state index contributed by atoms with van der Waals surface area (Å²) < 4.78 is 48.9. The highest BCUT2D eigenvalue weighted by Crippen LogP contribution is 2.15. The number of amides is 1. The molecule has 0 aromatic heterocycles. The molecule has 0 saturated heterocycles. The smallest absolute Gasteiger partial charge is 0.305 e. The number of hydrogen-bond donors (Lipinski definition) is 1. The Hall–Kier alpha value is -2.32. The molecule has 0 heterocycles. The molecule has 43 heavy (non-hydrogen) atoms. The Morgan fingerprint density at radius 1 is 0.558 bits per heavy atom. The van der Waals surface area contributed by atoms with Crippen molar-refractivity contribution in [1.29, 1.82) is 0 Å². The minimum Gasteiger partial charge on any atom is -0.491 e. The maximum Gasteiger partial charge on any atom is 0.305 e. The Bertz CT molecular complexity index is 780. The third-order valence-corrected chi connectivity index (χ3v) is 5.63. The molecule has 1 amide bonds. The van der Waals surface area contributed by atoms with Crippen molar-refractivity contribution in [3.8, 4) is 5.75 Å². The highest BCUT2D eigenvalue weighted by atomic mass is 16.6. The van der Waals surface area contributed by atoms with Crippen LogP contribution in [0.25, 0.3) is 0 Å². The maximum absolute atomic E-state index is 11.5. The first-order valence-corrected chi connectivity index (χ1v) is 15.3. The normalized spacial score (nSPS) is 11.0. The number of esters is 1. The summed E-state index contributed by atoms with van der Waals surface area (Å²) in [5, 5.41) is 2.71. The molecule has 1 rings (SSSR count). The standard InChI is InChI=1S/C31H53NO11/c1-3-4-5-6-7-31(34)43-27-25-41-23-21-39-19-17-37-15-13-35-12-14-36-16-18-38-20-22-40-24-26-42-30-10-8-29(9-11-30)32-28(2)33/h8-11H,3-7,12-27H2,1-2H3,(H,32,33). The van der Waals surface area contributed by atoms with Gasteiger partial charge in [-0.05, 0) is 30.7 Å². The largest absolute Gasteiger partial charge is 0.491 e. The molecule has 0 bridgehead atoms. The van der Waals surface area contributed by atoms with Crippen molar-refractivity contribution in [2.45, 2.75) is 46.0 Å². The van der Waals surface area contributed by atoms with E-state index in [2.05, 4.69) is 12.2 Å². The average molecular weight is 616 g/mol. The van der Waals surface area contributed by atoms with Gasteiger partial charge in [0.25, 0.3) is 0 Å². The van der Waals surface area contributed by atoms with Gasteiger partial charge in [0, 0.05) is 19.0 Å². The topological polar surface area (TPSA) is 129 Å². The number of ether oxygens (including phenoxy) is 9. The Morgan fingerprint density at radius 2 is 0.977 bits per heavy atom. The van der Waals surface area contributed by atoms with Crippen molar-refractivity contribution < 1.29 is 52.2 Å². The molecule has 12 nitrogen and oxygen atoms in total. The van der Waals surface area contributed by atoms with E-state index in [1.807, 2.05) is 0 Å². The van der Waals surface area contributed by atoms with Gasteiger partial charge in [-0.15, -0.1) is 0 Å². The first-order chi connectivity index (χ1) is 21.1. The lowest BCUT2D eigenvalue weighted by Gasteiger charge is -2.09. The van der Waals surface area contributed by atoms with Crippen LogP contribution in [0.5, 0.6) is 5.75 Å². The quantitative estimate of drug-likeness (QED) is 0.0971. The van der Waals surface area contributed by atoms with Crippen LogP contribution in [0.15, 0.2) is 24.3 Å². The van der Waals surface area contributed by atoms with Crippen molar-refractivity contribution in [3.63, 3.8) is 0 Å². The minimum atomic E-state index is -0.155. The number of anilines is 1. The van der Waals surface area contributed by atoms with Crippen LogP contribution < -0.4 is 10.1 Å². The van der Waals surface area contributed by atoms with Crippen LogP contribution in [0.2, 0.25) is 0 Å². The summed E-state index contributed by atoms with van der Waals surface area (Å²) in [6.45, 7) is 10.9. The highest BCUT2D eigenvalue weighted by molar-refractivity contribution is 5.88. The molecule has 1 aromatic carbocycles. The Kier molecular flexibility index (Phi) is 26.8. The van der Waals surface area contributed by atoms with E-state index in [0.717, 1.165) is 31.4 Å². The fourth-order valence-corrected chi connectivity index (χ4v) is 3.46. The minimum absolute atomic E-state index is 0.109. The lowest BCUT2D eigenvalue weighted by molar-refractivity contribution is -0.145. The third kappa shape index (κ3) is 27.0. The fraction of sp³-hybridized carbons (Fsp3) is 0.742. The van der Waals surface area contributed by atoms with Gasteiger partial charge in [0.1, 0.15) is 19.0 Å². The maximum atomic E-state index is 11.5. The van der Waals surface area contributed by atoms with Gasteiger partial charge in [0.05, 0.1) is 92.5 Å². The van der Waals surface area contributed by atoms with Gasteiger partial charge in [-0.25, -0.2) is 0 Å². The van der Waals surface area contributed by atoms with E-state index in [-0.39, 0.29) is 18.5 Å². The van der Waals surface area contributed by atoms with Gasteiger partial charge in [-0.2, -0.15) is 0 Å².